The van der Waals surface area contributed by atoms with Crippen LogP contribution in [-0.2, 0) is 28.2 Å². The summed E-state index contributed by atoms with van der Waals surface area (Å²) in [5.74, 6) is -1.07. The first-order chi connectivity index (χ1) is 20.7. The van der Waals surface area contributed by atoms with Gasteiger partial charge < -0.3 is 19.3 Å². The highest BCUT2D eigenvalue weighted by Gasteiger charge is 2.21. The third-order valence-corrected chi connectivity index (χ3v) is 8.41. The van der Waals surface area contributed by atoms with Crippen LogP contribution in [0.4, 0.5) is 0 Å². The number of rotatable bonds is 33. The van der Waals surface area contributed by atoms with Gasteiger partial charge in [0, 0.05) is 13.3 Å². The van der Waals surface area contributed by atoms with E-state index in [0.717, 1.165) is 26.2 Å². The molecule has 1 atom stereocenters. The smallest absolute Gasteiger partial charge is 0.462 e. The van der Waals surface area contributed by atoms with Gasteiger partial charge in [0.15, 0.2) is 6.10 Å². The van der Waals surface area contributed by atoms with E-state index in [9.17, 15) is 14.2 Å². The van der Waals surface area contributed by atoms with E-state index in [1.807, 2.05) is 0 Å². The third kappa shape index (κ3) is 35.4. The Morgan fingerprint density at radius 3 is 1.19 bits per heavy atom. The Balaban J connectivity index is 3.36. The predicted molar refractivity (Wildman–Crippen MR) is 175 cm³/mol. The first-order valence-electron chi connectivity index (χ1n) is 17.8. The molecule has 9 heteroatoms. The molecule has 0 rings (SSSR count). The molecule has 0 bridgehead atoms. The van der Waals surface area contributed by atoms with Crippen molar-refractivity contribution in [2.75, 3.05) is 13.2 Å². The molecule has 43 heavy (non-hydrogen) atoms. The van der Waals surface area contributed by atoms with Gasteiger partial charge in [0.05, 0.1) is 6.61 Å². The molecule has 2 N–H and O–H groups in total. The van der Waals surface area contributed by atoms with Gasteiger partial charge in [-0.25, -0.2) is 4.57 Å². The van der Waals surface area contributed by atoms with Crippen molar-refractivity contribution in [3.05, 3.63) is 0 Å². The number of carbonyl (C=O) groups is 2. The van der Waals surface area contributed by atoms with Crippen molar-refractivity contribution in [2.45, 2.75) is 193 Å². The average molecular weight is 635 g/mol. The number of hydrogen-bond acceptors (Lipinski definition) is 6. The molecule has 0 radical (unpaired) electrons. The number of phosphoric acid groups is 1. The van der Waals surface area contributed by atoms with Crippen molar-refractivity contribution in [3.63, 3.8) is 0 Å². The molecule has 0 aromatic heterocycles. The van der Waals surface area contributed by atoms with E-state index in [1.165, 1.54) is 148 Å². The van der Waals surface area contributed by atoms with Gasteiger partial charge in [0.1, 0.15) is 6.61 Å². The fourth-order valence-electron chi connectivity index (χ4n) is 5.37. The molecule has 0 aromatic carbocycles. The van der Waals surface area contributed by atoms with Crippen LogP contribution in [0, 0.1) is 0 Å². The Labute approximate surface area is 264 Å². The fraction of sp³-hybridized carbons (Fsp3) is 0.941. The number of phosphoric ester groups is 1. The van der Waals surface area contributed by atoms with Crippen molar-refractivity contribution in [1.82, 2.24) is 0 Å². The zero-order valence-corrected chi connectivity index (χ0v) is 28.8. The lowest BCUT2D eigenvalue weighted by molar-refractivity contribution is -0.159. The van der Waals surface area contributed by atoms with Crippen LogP contribution in [0.2, 0.25) is 0 Å². The maximum Gasteiger partial charge on any atom is 0.469 e. The zero-order chi connectivity index (χ0) is 31.9. The van der Waals surface area contributed by atoms with Gasteiger partial charge in [-0.05, 0) is 6.42 Å². The van der Waals surface area contributed by atoms with Gasteiger partial charge in [0.25, 0.3) is 0 Å². The Kier molecular flexibility index (Phi) is 30.4. The lowest BCUT2D eigenvalue weighted by atomic mass is 10.0. The van der Waals surface area contributed by atoms with Gasteiger partial charge in [-0.2, -0.15) is 0 Å². The Hall–Kier alpha value is -0.950. The molecule has 0 aliphatic rings. The lowest BCUT2D eigenvalue weighted by Gasteiger charge is -2.17. The summed E-state index contributed by atoms with van der Waals surface area (Å²) in [6.45, 7) is 2.61. The van der Waals surface area contributed by atoms with Gasteiger partial charge in [-0.1, -0.05) is 167 Å². The molecule has 0 saturated heterocycles. The molecule has 0 saturated carbocycles. The molecular weight excluding hydrogens is 567 g/mol. The highest BCUT2D eigenvalue weighted by Crippen LogP contribution is 2.35. The van der Waals surface area contributed by atoms with E-state index in [4.69, 9.17) is 19.3 Å². The highest BCUT2D eigenvalue weighted by atomic mass is 31.2. The SMILES string of the molecule is CCCCCCCCCCCCCCCCCCCCCCCCCCCCC(=O)OC[C@H](COP(=O)(O)O)OC(C)=O. The van der Waals surface area contributed by atoms with E-state index in [1.54, 1.807) is 0 Å². The summed E-state index contributed by atoms with van der Waals surface area (Å²) in [7, 11) is -4.70. The minimum Gasteiger partial charge on any atom is -0.462 e. The average Bonchev–Trinajstić information content (AvgIpc) is 2.95. The topological polar surface area (TPSA) is 119 Å². The van der Waals surface area contributed by atoms with Crippen molar-refractivity contribution < 1.29 is 37.9 Å². The summed E-state index contributed by atoms with van der Waals surface area (Å²) in [6.07, 6.45) is 33.9. The van der Waals surface area contributed by atoms with Crippen LogP contribution >= 0.6 is 7.82 Å². The van der Waals surface area contributed by atoms with Crippen molar-refractivity contribution in [3.8, 4) is 0 Å². The van der Waals surface area contributed by atoms with Crippen molar-refractivity contribution >= 4 is 19.8 Å². The van der Waals surface area contributed by atoms with Crippen LogP contribution in [0.1, 0.15) is 187 Å². The second kappa shape index (κ2) is 31.0. The summed E-state index contributed by atoms with van der Waals surface area (Å²) in [5, 5.41) is 0. The molecule has 0 aliphatic carbocycles. The number of unbranched alkanes of at least 4 members (excludes halogenated alkanes) is 25. The van der Waals surface area contributed by atoms with Gasteiger partial charge in [0.2, 0.25) is 0 Å². The van der Waals surface area contributed by atoms with Gasteiger partial charge in [-0.15, -0.1) is 0 Å². The van der Waals surface area contributed by atoms with Gasteiger partial charge >= 0.3 is 19.8 Å². The van der Waals surface area contributed by atoms with E-state index in [0.29, 0.717) is 0 Å². The summed E-state index contributed by atoms with van der Waals surface area (Å²) in [5.41, 5.74) is 0. The Bertz CT molecular complexity index is 681. The molecule has 0 aromatic rings. The molecular formula is C34H67O8P. The number of esters is 2. The lowest BCUT2D eigenvalue weighted by Crippen LogP contribution is -2.28. The summed E-state index contributed by atoms with van der Waals surface area (Å²) < 4.78 is 25.1. The van der Waals surface area contributed by atoms with E-state index in [-0.39, 0.29) is 13.0 Å². The summed E-state index contributed by atoms with van der Waals surface area (Å²) in [4.78, 5) is 40.6. The number of carbonyl (C=O) groups excluding carboxylic acids is 2. The molecule has 0 aliphatic heterocycles. The van der Waals surface area contributed by atoms with E-state index in [2.05, 4.69) is 11.4 Å². The van der Waals surface area contributed by atoms with Crippen LogP contribution in [0.25, 0.3) is 0 Å². The minimum absolute atomic E-state index is 0.269. The van der Waals surface area contributed by atoms with Crippen LogP contribution in [0.15, 0.2) is 0 Å². The number of ether oxygens (including phenoxy) is 2. The van der Waals surface area contributed by atoms with Crippen LogP contribution in [0.5, 0.6) is 0 Å². The molecule has 0 fully saturated rings. The molecule has 0 heterocycles. The second-order valence-corrected chi connectivity index (χ2v) is 13.5. The molecule has 8 nitrogen and oxygen atoms in total. The van der Waals surface area contributed by atoms with Crippen molar-refractivity contribution in [1.29, 1.82) is 0 Å². The quantitative estimate of drug-likeness (QED) is 0.0416. The van der Waals surface area contributed by atoms with Gasteiger partial charge in [-0.3, -0.25) is 14.1 Å². The Morgan fingerprint density at radius 1 is 0.558 bits per heavy atom. The number of hydrogen-bond donors (Lipinski definition) is 2. The van der Waals surface area contributed by atoms with E-state index >= 15 is 0 Å². The zero-order valence-electron chi connectivity index (χ0n) is 27.9. The maximum absolute atomic E-state index is 11.9. The largest absolute Gasteiger partial charge is 0.469 e. The van der Waals surface area contributed by atoms with Crippen molar-refractivity contribution in [2.24, 2.45) is 0 Å². The minimum atomic E-state index is -4.70. The highest BCUT2D eigenvalue weighted by molar-refractivity contribution is 7.46. The summed E-state index contributed by atoms with van der Waals surface area (Å²) in [6, 6.07) is 0. The predicted octanol–water partition coefficient (Wildman–Crippen LogP) is 10.1. The van der Waals surface area contributed by atoms with Crippen LogP contribution in [0.3, 0.4) is 0 Å². The second-order valence-electron chi connectivity index (χ2n) is 12.3. The first-order valence-corrected chi connectivity index (χ1v) is 19.3. The first kappa shape index (κ1) is 42.0. The molecule has 0 spiro atoms. The molecule has 256 valence electrons. The van der Waals surface area contributed by atoms with Crippen LogP contribution < -0.4 is 0 Å². The monoisotopic (exact) mass is 634 g/mol. The fourth-order valence-corrected chi connectivity index (χ4v) is 5.73. The third-order valence-electron chi connectivity index (χ3n) is 7.93. The normalized spacial score (nSPS) is 12.4. The molecule has 0 unspecified atom stereocenters. The maximum atomic E-state index is 11.9. The summed E-state index contributed by atoms with van der Waals surface area (Å²) >= 11 is 0. The van der Waals surface area contributed by atoms with Crippen LogP contribution in [-0.4, -0.2) is 41.0 Å². The van der Waals surface area contributed by atoms with E-state index < -0.39 is 32.5 Å². The molecule has 0 amide bonds. The standard InChI is InChI=1S/C34H67O8P/c1-3-4-5-6-7-8-9-10-11-12-13-14-15-16-17-18-19-20-21-22-23-24-25-26-27-28-29-34(36)40-30-33(42-32(2)35)31-41-43(37,38)39/h33H,3-31H2,1-2H3,(H2,37,38,39)/t33-/m1/s1. The Morgan fingerprint density at radius 2 is 0.884 bits per heavy atom.